The Morgan fingerprint density at radius 2 is 1.67 bits per heavy atom. The van der Waals surface area contributed by atoms with Crippen LogP contribution < -0.4 is 0 Å². The Hall–Kier alpha value is -2.80. The molecule has 0 aliphatic carbocycles. The quantitative estimate of drug-likeness (QED) is 0.284. The van der Waals surface area contributed by atoms with E-state index in [2.05, 4.69) is 4.18 Å². The standard InChI is InChI=1S/C23H23F6NO5S/c1-21(2,3)34-20(31)30-13-22(25,26)19(35-36(32,33)23(27,28)29)17(30)12-15-10-7-11-16(18(15)24)14-8-5-4-6-9-14/h4-11,17,19H,12-13H2,1-3H3. The Balaban J connectivity index is 2.06. The number of benzene rings is 2. The van der Waals surface area contributed by atoms with Gasteiger partial charge in [0.2, 0.25) is 0 Å². The third-order valence-corrected chi connectivity index (χ3v) is 6.31. The van der Waals surface area contributed by atoms with E-state index in [1.807, 2.05) is 0 Å². The first-order valence-electron chi connectivity index (χ1n) is 10.6. The lowest BCUT2D eigenvalue weighted by atomic mass is 9.96. The molecule has 0 spiro atoms. The van der Waals surface area contributed by atoms with Gasteiger partial charge in [0.15, 0.2) is 6.10 Å². The van der Waals surface area contributed by atoms with Gasteiger partial charge in [-0.25, -0.2) is 18.0 Å². The number of alkyl halides is 5. The Morgan fingerprint density at radius 3 is 2.22 bits per heavy atom. The SMILES string of the molecule is CC(C)(C)OC(=O)N1CC(F)(F)C(OS(=O)(=O)C(F)(F)F)C1Cc1cccc(-c2ccccc2)c1F. The smallest absolute Gasteiger partial charge is 0.444 e. The van der Waals surface area contributed by atoms with Gasteiger partial charge in [0.1, 0.15) is 11.4 Å². The lowest BCUT2D eigenvalue weighted by Crippen LogP contribution is -2.47. The Morgan fingerprint density at radius 1 is 1.06 bits per heavy atom. The first-order chi connectivity index (χ1) is 16.4. The summed E-state index contributed by atoms with van der Waals surface area (Å²) < 4.78 is 116. The van der Waals surface area contributed by atoms with Gasteiger partial charge in [-0.15, -0.1) is 0 Å². The number of hydrogen-bond donors (Lipinski definition) is 0. The summed E-state index contributed by atoms with van der Waals surface area (Å²) in [5.74, 6) is -5.10. The summed E-state index contributed by atoms with van der Waals surface area (Å²) in [5.41, 5.74) is -6.91. The van der Waals surface area contributed by atoms with Crippen LogP contribution in [0, 0.1) is 5.82 Å². The molecule has 13 heteroatoms. The second kappa shape index (κ2) is 9.58. The van der Waals surface area contributed by atoms with Crippen molar-refractivity contribution in [2.45, 2.75) is 56.4 Å². The van der Waals surface area contributed by atoms with Crippen LogP contribution in [0.15, 0.2) is 48.5 Å². The highest BCUT2D eigenvalue weighted by molar-refractivity contribution is 7.87. The fourth-order valence-electron chi connectivity index (χ4n) is 3.75. The minimum absolute atomic E-state index is 0.0713. The van der Waals surface area contributed by atoms with Crippen molar-refractivity contribution in [3.63, 3.8) is 0 Å². The van der Waals surface area contributed by atoms with Crippen LogP contribution in [0.5, 0.6) is 0 Å². The van der Waals surface area contributed by atoms with E-state index in [9.17, 15) is 35.2 Å². The fraction of sp³-hybridized carbons (Fsp3) is 0.435. The third kappa shape index (κ3) is 5.94. The summed E-state index contributed by atoms with van der Waals surface area (Å²) in [4.78, 5) is 13.1. The van der Waals surface area contributed by atoms with Crippen LogP contribution in [0.25, 0.3) is 11.1 Å². The summed E-state index contributed by atoms with van der Waals surface area (Å²) in [5, 5.41) is 0. The molecule has 2 unspecified atom stereocenters. The first-order valence-corrected chi connectivity index (χ1v) is 12.0. The number of halogens is 6. The van der Waals surface area contributed by atoms with E-state index in [-0.39, 0.29) is 11.1 Å². The van der Waals surface area contributed by atoms with Crippen LogP contribution >= 0.6 is 0 Å². The number of carbonyl (C=O) groups excluding carboxylic acids is 1. The summed E-state index contributed by atoms with van der Waals surface area (Å²) >= 11 is 0. The van der Waals surface area contributed by atoms with Gasteiger partial charge in [0.25, 0.3) is 5.92 Å². The minimum Gasteiger partial charge on any atom is -0.444 e. The molecule has 1 saturated heterocycles. The van der Waals surface area contributed by atoms with E-state index in [1.54, 1.807) is 30.3 Å². The molecule has 1 fully saturated rings. The molecule has 3 rings (SSSR count). The number of hydrogen-bond acceptors (Lipinski definition) is 5. The van der Waals surface area contributed by atoms with Crippen molar-refractivity contribution in [1.29, 1.82) is 0 Å². The van der Waals surface area contributed by atoms with E-state index in [0.717, 1.165) is 0 Å². The molecule has 1 aliphatic rings. The molecule has 0 aromatic heterocycles. The normalized spacial score (nSPS) is 20.4. The molecule has 6 nitrogen and oxygen atoms in total. The van der Waals surface area contributed by atoms with E-state index >= 15 is 4.39 Å². The maximum Gasteiger partial charge on any atom is 0.523 e. The predicted molar refractivity (Wildman–Crippen MR) is 117 cm³/mol. The van der Waals surface area contributed by atoms with Crippen molar-refractivity contribution in [3.8, 4) is 11.1 Å². The van der Waals surface area contributed by atoms with Gasteiger partial charge in [0.05, 0.1) is 12.6 Å². The Kier molecular flexibility index (Phi) is 7.39. The van der Waals surface area contributed by atoms with E-state index in [1.165, 1.54) is 39.0 Å². The van der Waals surface area contributed by atoms with Crippen molar-refractivity contribution in [2.24, 2.45) is 0 Å². The molecule has 2 aromatic rings. The Bertz CT molecular complexity index is 1210. The van der Waals surface area contributed by atoms with Crippen LogP contribution in [0.2, 0.25) is 0 Å². The van der Waals surface area contributed by atoms with Gasteiger partial charge in [-0.3, -0.25) is 9.08 Å². The summed E-state index contributed by atoms with van der Waals surface area (Å²) in [7, 11) is -6.48. The maximum absolute atomic E-state index is 15.4. The van der Waals surface area contributed by atoms with Gasteiger partial charge in [0, 0.05) is 5.56 Å². The van der Waals surface area contributed by atoms with Crippen LogP contribution in [-0.4, -0.2) is 55.1 Å². The molecule has 0 radical (unpaired) electrons. The van der Waals surface area contributed by atoms with Gasteiger partial charge in [-0.05, 0) is 38.3 Å². The zero-order valence-corrected chi connectivity index (χ0v) is 20.2. The molecule has 36 heavy (non-hydrogen) atoms. The van der Waals surface area contributed by atoms with Gasteiger partial charge >= 0.3 is 21.7 Å². The molecule has 2 atom stereocenters. The van der Waals surface area contributed by atoms with Crippen LogP contribution in [0.3, 0.4) is 0 Å². The largest absolute Gasteiger partial charge is 0.523 e. The maximum atomic E-state index is 15.4. The van der Waals surface area contributed by atoms with Crippen molar-refractivity contribution >= 4 is 16.2 Å². The number of carbonyl (C=O) groups is 1. The number of likely N-dealkylation sites (tertiary alicyclic amines) is 1. The average Bonchev–Trinajstić information content (AvgIpc) is 2.98. The highest BCUT2D eigenvalue weighted by atomic mass is 32.2. The number of amides is 1. The van der Waals surface area contributed by atoms with Crippen LogP contribution in [0.4, 0.5) is 31.1 Å². The summed E-state index contributed by atoms with van der Waals surface area (Å²) in [6.07, 6.45) is -5.07. The second-order valence-electron chi connectivity index (χ2n) is 9.20. The minimum atomic E-state index is -6.48. The van der Waals surface area contributed by atoms with E-state index < -0.39 is 64.2 Å². The third-order valence-electron chi connectivity index (χ3n) is 5.28. The molecular weight excluding hydrogens is 516 g/mol. The van der Waals surface area contributed by atoms with Crippen LogP contribution in [0.1, 0.15) is 26.3 Å². The van der Waals surface area contributed by atoms with Gasteiger partial charge < -0.3 is 4.74 Å². The van der Waals surface area contributed by atoms with Crippen molar-refractivity contribution in [3.05, 3.63) is 59.9 Å². The number of ether oxygens (including phenoxy) is 1. The molecule has 198 valence electrons. The molecule has 1 heterocycles. The van der Waals surface area contributed by atoms with Gasteiger partial charge in [-0.2, -0.15) is 21.6 Å². The zero-order valence-electron chi connectivity index (χ0n) is 19.4. The lowest BCUT2D eigenvalue weighted by molar-refractivity contribution is -0.0902. The average molecular weight is 539 g/mol. The topological polar surface area (TPSA) is 72.9 Å². The lowest BCUT2D eigenvalue weighted by Gasteiger charge is -2.30. The molecule has 0 saturated carbocycles. The molecule has 2 aromatic carbocycles. The first kappa shape index (κ1) is 27.8. The monoisotopic (exact) mass is 539 g/mol. The summed E-state index contributed by atoms with van der Waals surface area (Å²) in [6, 6.07) is 10.1. The molecular formula is C23H23F6NO5S. The molecule has 0 bridgehead atoms. The molecule has 0 N–H and O–H groups in total. The Labute approximate surface area is 203 Å². The highest BCUT2D eigenvalue weighted by Crippen LogP contribution is 2.41. The number of nitrogens with zero attached hydrogens (tertiary/aromatic N) is 1. The fourth-order valence-corrected chi connectivity index (χ4v) is 4.40. The van der Waals surface area contributed by atoms with E-state index in [4.69, 9.17) is 4.74 Å². The van der Waals surface area contributed by atoms with Crippen molar-refractivity contribution in [2.75, 3.05) is 6.54 Å². The highest BCUT2D eigenvalue weighted by Gasteiger charge is 2.62. The van der Waals surface area contributed by atoms with Crippen LogP contribution in [-0.2, 0) is 25.5 Å². The van der Waals surface area contributed by atoms with E-state index in [0.29, 0.717) is 10.5 Å². The summed E-state index contributed by atoms with van der Waals surface area (Å²) in [6.45, 7) is 2.79. The predicted octanol–water partition coefficient (Wildman–Crippen LogP) is 5.52. The van der Waals surface area contributed by atoms with Gasteiger partial charge in [-0.1, -0.05) is 48.5 Å². The number of rotatable bonds is 5. The molecule has 1 amide bonds. The molecule has 1 aliphatic heterocycles. The van der Waals surface area contributed by atoms with Crippen molar-refractivity contribution in [1.82, 2.24) is 4.90 Å². The second-order valence-corrected chi connectivity index (χ2v) is 10.8. The zero-order chi connectivity index (χ0) is 27.1. The van der Waals surface area contributed by atoms with Crippen molar-refractivity contribution < 1.29 is 48.5 Å².